The van der Waals surface area contributed by atoms with E-state index in [1.165, 1.54) is 0 Å². The summed E-state index contributed by atoms with van der Waals surface area (Å²) < 4.78 is 0. The highest BCUT2D eigenvalue weighted by Crippen LogP contribution is 2.21. The predicted molar refractivity (Wildman–Crippen MR) is 70.0 cm³/mol. The molecule has 17 heavy (non-hydrogen) atoms. The molecule has 82 valence electrons. The van der Waals surface area contributed by atoms with Crippen LogP contribution in [0.2, 0.25) is 5.02 Å². The molecule has 0 amide bonds. The van der Waals surface area contributed by atoms with Crippen LogP contribution >= 0.6 is 11.6 Å². The standard InChI is InChI=1S/C14H9ClN2/c15-11-7-8-16-14(9-11)13-6-5-10-3-1-2-4-12(10)17-13/h1-9H. The van der Waals surface area contributed by atoms with Gasteiger partial charge in [0, 0.05) is 16.6 Å². The molecule has 1 aromatic carbocycles. The summed E-state index contributed by atoms with van der Waals surface area (Å²) in [6, 6.07) is 15.6. The van der Waals surface area contributed by atoms with E-state index < -0.39 is 0 Å². The Labute approximate surface area is 104 Å². The molecule has 0 saturated carbocycles. The van der Waals surface area contributed by atoms with Gasteiger partial charge in [0.2, 0.25) is 0 Å². The molecule has 0 fully saturated rings. The van der Waals surface area contributed by atoms with Crippen LogP contribution in [0.5, 0.6) is 0 Å². The zero-order valence-electron chi connectivity index (χ0n) is 8.97. The molecule has 2 nitrogen and oxygen atoms in total. The first-order chi connectivity index (χ1) is 8.33. The Morgan fingerprint density at radius 2 is 1.76 bits per heavy atom. The van der Waals surface area contributed by atoms with Crippen LogP contribution < -0.4 is 0 Å². The fourth-order valence-electron chi connectivity index (χ4n) is 1.75. The van der Waals surface area contributed by atoms with Gasteiger partial charge < -0.3 is 0 Å². The molecule has 0 aliphatic heterocycles. The maximum atomic E-state index is 5.95. The first kappa shape index (κ1) is 10.2. The lowest BCUT2D eigenvalue weighted by Crippen LogP contribution is -1.87. The quantitative estimate of drug-likeness (QED) is 0.644. The normalized spacial score (nSPS) is 10.6. The Bertz CT molecular complexity index is 680. The second kappa shape index (κ2) is 4.15. The van der Waals surface area contributed by atoms with Crippen molar-refractivity contribution in [3.8, 4) is 11.4 Å². The second-order valence-electron chi connectivity index (χ2n) is 3.75. The van der Waals surface area contributed by atoms with Crippen LogP contribution in [0.25, 0.3) is 22.3 Å². The maximum absolute atomic E-state index is 5.95. The Morgan fingerprint density at radius 1 is 0.882 bits per heavy atom. The molecular weight excluding hydrogens is 232 g/mol. The topological polar surface area (TPSA) is 25.8 Å². The third-order valence-corrected chi connectivity index (χ3v) is 2.82. The maximum Gasteiger partial charge on any atom is 0.0901 e. The van der Waals surface area contributed by atoms with Crippen LogP contribution in [-0.2, 0) is 0 Å². The van der Waals surface area contributed by atoms with Crippen LogP contribution in [0.4, 0.5) is 0 Å². The average molecular weight is 241 g/mol. The summed E-state index contributed by atoms with van der Waals surface area (Å²) >= 11 is 5.95. The number of fused-ring (bicyclic) bond motifs is 1. The minimum atomic E-state index is 0.671. The molecule has 0 radical (unpaired) electrons. The SMILES string of the molecule is Clc1ccnc(-c2ccc3ccccc3n2)c1. The van der Waals surface area contributed by atoms with Crippen molar-refractivity contribution in [2.45, 2.75) is 0 Å². The molecule has 0 bridgehead atoms. The zero-order valence-corrected chi connectivity index (χ0v) is 9.72. The van der Waals surface area contributed by atoms with Crippen molar-refractivity contribution in [1.82, 2.24) is 9.97 Å². The number of rotatable bonds is 1. The fraction of sp³-hybridized carbons (Fsp3) is 0. The van der Waals surface area contributed by atoms with Crippen LogP contribution in [0.1, 0.15) is 0 Å². The molecule has 0 atom stereocenters. The highest BCUT2D eigenvalue weighted by Gasteiger charge is 2.02. The molecule has 0 N–H and O–H groups in total. The number of aromatic nitrogens is 2. The molecular formula is C14H9ClN2. The lowest BCUT2D eigenvalue weighted by Gasteiger charge is -2.02. The molecule has 3 heteroatoms. The van der Waals surface area contributed by atoms with Gasteiger partial charge >= 0.3 is 0 Å². The van der Waals surface area contributed by atoms with Gasteiger partial charge in [0.25, 0.3) is 0 Å². The van der Waals surface area contributed by atoms with Gasteiger partial charge in [0.1, 0.15) is 0 Å². The summed E-state index contributed by atoms with van der Waals surface area (Å²) in [6.07, 6.45) is 1.69. The van der Waals surface area contributed by atoms with E-state index in [1.54, 1.807) is 12.3 Å². The number of para-hydroxylation sites is 1. The Balaban J connectivity index is 2.18. The van der Waals surface area contributed by atoms with Crippen LogP contribution in [-0.4, -0.2) is 9.97 Å². The molecule has 2 aromatic heterocycles. The van der Waals surface area contributed by atoms with E-state index in [1.807, 2.05) is 42.5 Å². The average Bonchev–Trinajstić information content (AvgIpc) is 2.38. The highest BCUT2D eigenvalue weighted by atomic mass is 35.5. The van der Waals surface area contributed by atoms with E-state index in [9.17, 15) is 0 Å². The van der Waals surface area contributed by atoms with Gasteiger partial charge in [0.05, 0.1) is 16.9 Å². The van der Waals surface area contributed by atoms with Crippen molar-refractivity contribution >= 4 is 22.5 Å². The minimum Gasteiger partial charge on any atom is -0.255 e. The van der Waals surface area contributed by atoms with Crippen LogP contribution in [0.3, 0.4) is 0 Å². The van der Waals surface area contributed by atoms with Crippen molar-refractivity contribution in [3.63, 3.8) is 0 Å². The largest absolute Gasteiger partial charge is 0.255 e. The number of halogens is 1. The molecule has 0 aliphatic carbocycles. The third kappa shape index (κ3) is 1.99. The number of benzene rings is 1. The number of hydrogen-bond donors (Lipinski definition) is 0. The summed E-state index contributed by atoms with van der Waals surface area (Å²) in [5.41, 5.74) is 2.60. The van der Waals surface area contributed by atoms with Gasteiger partial charge in [-0.1, -0.05) is 35.9 Å². The molecule has 0 spiro atoms. The van der Waals surface area contributed by atoms with Crippen molar-refractivity contribution in [2.75, 3.05) is 0 Å². The summed E-state index contributed by atoms with van der Waals surface area (Å²) in [5, 5.41) is 1.79. The van der Waals surface area contributed by atoms with Gasteiger partial charge in [-0.15, -0.1) is 0 Å². The van der Waals surface area contributed by atoms with E-state index in [4.69, 9.17) is 11.6 Å². The monoisotopic (exact) mass is 240 g/mol. The van der Waals surface area contributed by atoms with Crippen LogP contribution in [0.15, 0.2) is 54.7 Å². The molecule has 3 rings (SSSR count). The van der Waals surface area contributed by atoms with Crippen LogP contribution in [0, 0.1) is 0 Å². The van der Waals surface area contributed by atoms with E-state index >= 15 is 0 Å². The number of pyridine rings is 2. The molecule has 0 saturated heterocycles. The molecule has 0 aliphatic rings. The summed E-state index contributed by atoms with van der Waals surface area (Å²) in [7, 11) is 0. The van der Waals surface area contributed by atoms with Gasteiger partial charge in [-0.05, 0) is 24.3 Å². The summed E-state index contributed by atoms with van der Waals surface area (Å²) in [4.78, 5) is 8.84. The molecule has 3 aromatic rings. The van der Waals surface area contributed by atoms with Gasteiger partial charge in [0.15, 0.2) is 0 Å². The van der Waals surface area contributed by atoms with E-state index in [-0.39, 0.29) is 0 Å². The molecule has 2 heterocycles. The predicted octanol–water partition coefficient (Wildman–Crippen LogP) is 3.95. The van der Waals surface area contributed by atoms with E-state index in [2.05, 4.69) is 9.97 Å². The second-order valence-corrected chi connectivity index (χ2v) is 4.18. The Kier molecular flexibility index (Phi) is 2.50. The first-order valence-electron chi connectivity index (χ1n) is 5.31. The lowest BCUT2D eigenvalue weighted by molar-refractivity contribution is 1.28. The Hall–Kier alpha value is -1.93. The summed E-state index contributed by atoms with van der Waals surface area (Å²) in [6.45, 7) is 0. The van der Waals surface area contributed by atoms with E-state index in [0.717, 1.165) is 22.3 Å². The fourth-order valence-corrected chi connectivity index (χ4v) is 1.91. The van der Waals surface area contributed by atoms with Gasteiger partial charge in [-0.25, -0.2) is 4.98 Å². The first-order valence-corrected chi connectivity index (χ1v) is 5.68. The third-order valence-electron chi connectivity index (χ3n) is 2.58. The molecule has 0 unspecified atom stereocenters. The lowest BCUT2D eigenvalue weighted by atomic mass is 10.2. The van der Waals surface area contributed by atoms with Crippen molar-refractivity contribution in [3.05, 3.63) is 59.8 Å². The van der Waals surface area contributed by atoms with Crippen molar-refractivity contribution < 1.29 is 0 Å². The minimum absolute atomic E-state index is 0.671. The highest BCUT2D eigenvalue weighted by molar-refractivity contribution is 6.30. The zero-order chi connectivity index (χ0) is 11.7. The Morgan fingerprint density at radius 3 is 2.65 bits per heavy atom. The van der Waals surface area contributed by atoms with Crippen molar-refractivity contribution in [1.29, 1.82) is 0 Å². The summed E-state index contributed by atoms with van der Waals surface area (Å²) in [5.74, 6) is 0. The smallest absolute Gasteiger partial charge is 0.0901 e. The van der Waals surface area contributed by atoms with Gasteiger partial charge in [-0.3, -0.25) is 4.98 Å². The number of nitrogens with zero attached hydrogens (tertiary/aromatic N) is 2. The van der Waals surface area contributed by atoms with Crippen molar-refractivity contribution in [2.24, 2.45) is 0 Å². The van der Waals surface area contributed by atoms with E-state index in [0.29, 0.717) is 5.02 Å². The van der Waals surface area contributed by atoms with Gasteiger partial charge in [-0.2, -0.15) is 0 Å². The number of hydrogen-bond acceptors (Lipinski definition) is 2.